The first kappa shape index (κ1) is 15.5. The van der Waals surface area contributed by atoms with Gasteiger partial charge in [-0.1, -0.05) is 43.7 Å². The first-order valence-electron chi connectivity index (χ1n) is 7.11. The summed E-state index contributed by atoms with van der Waals surface area (Å²) in [7, 11) is 0. The normalized spacial score (nSPS) is 11.5. The molecular formula is C17H25NO. The van der Waals surface area contributed by atoms with Gasteiger partial charge in [0.15, 0.2) is 0 Å². The van der Waals surface area contributed by atoms with Crippen molar-refractivity contribution in [1.82, 2.24) is 5.32 Å². The van der Waals surface area contributed by atoms with Crippen molar-refractivity contribution >= 4 is 11.5 Å². The third-order valence-corrected chi connectivity index (χ3v) is 3.13. The first-order chi connectivity index (χ1) is 9.08. The number of rotatable bonds is 7. The maximum Gasteiger partial charge on any atom is 0.131 e. The van der Waals surface area contributed by atoms with Crippen LogP contribution in [0.3, 0.4) is 0 Å². The molecular weight excluding hydrogens is 234 g/mol. The molecule has 0 aromatic heterocycles. The Morgan fingerprint density at radius 2 is 2.05 bits per heavy atom. The summed E-state index contributed by atoms with van der Waals surface area (Å²) in [6.45, 7) is 8.77. The Balaban J connectivity index is 2.93. The molecule has 0 aliphatic rings. The van der Waals surface area contributed by atoms with Gasteiger partial charge in [0.2, 0.25) is 0 Å². The lowest BCUT2D eigenvalue weighted by Crippen LogP contribution is -2.17. The third kappa shape index (κ3) is 4.90. The Kier molecular flexibility index (Phi) is 6.34. The van der Waals surface area contributed by atoms with Crippen molar-refractivity contribution in [2.45, 2.75) is 47.0 Å². The van der Waals surface area contributed by atoms with E-state index in [2.05, 4.69) is 50.4 Å². The fraction of sp³-hybridized carbons (Fsp3) is 0.471. The van der Waals surface area contributed by atoms with E-state index in [-0.39, 0.29) is 5.78 Å². The van der Waals surface area contributed by atoms with Crippen LogP contribution in [0.4, 0.5) is 0 Å². The van der Waals surface area contributed by atoms with E-state index in [0.717, 1.165) is 18.5 Å². The zero-order chi connectivity index (χ0) is 14.3. The standard InChI is InChI=1S/C17H25NO/c1-5-7-17(18-11-10-14(4)19)16-9-8-13(3)12-15(16)6-2/h7-9,12,18H,5-6,10-11H2,1-4H3. The lowest BCUT2D eigenvalue weighted by molar-refractivity contribution is -0.116. The van der Waals surface area contributed by atoms with E-state index < -0.39 is 0 Å². The molecule has 0 bridgehead atoms. The summed E-state index contributed by atoms with van der Waals surface area (Å²) in [4.78, 5) is 11.0. The fourth-order valence-corrected chi connectivity index (χ4v) is 2.13. The minimum atomic E-state index is 0.225. The molecule has 0 amide bonds. The zero-order valence-electron chi connectivity index (χ0n) is 12.5. The second kappa shape index (κ2) is 7.78. The van der Waals surface area contributed by atoms with Gasteiger partial charge in [-0.15, -0.1) is 0 Å². The maximum atomic E-state index is 11.0. The number of aryl methyl sites for hydroxylation is 2. The van der Waals surface area contributed by atoms with E-state index in [0.29, 0.717) is 13.0 Å². The SMILES string of the molecule is CCC=C(NCCC(C)=O)c1ccc(C)cc1CC. The summed E-state index contributed by atoms with van der Waals surface area (Å²) in [5, 5.41) is 3.40. The molecule has 0 radical (unpaired) electrons. The van der Waals surface area contributed by atoms with Gasteiger partial charge in [0.1, 0.15) is 5.78 Å². The molecule has 1 aromatic carbocycles. The predicted octanol–water partition coefficient (Wildman–Crippen LogP) is 3.88. The Morgan fingerprint density at radius 3 is 2.63 bits per heavy atom. The Morgan fingerprint density at radius 1 is 1.32 bits per heavy atom. The van der Waals surface area contributed by atoms with Crippen molar-refractivity contribution in [3.05, 3.63) is 41.0 Å². The van der Waals surface area contributed by atoms with Gasteiger partial charge in [0, 0.05) is 24.2 Å². The highest BCUT2D eigenvalue weighted by atomic mass is 16.1. The lowest BCUT2D eigenvalue weighted by atomic mass is 9.99. The van der Waals surface area contributed by atoms with Gasteiger partial charge in [0.05, 0.1) is 0 Å². The van der Waals surface area contributed by atoms with Crippen molar-refractivity contribution in [3.63, 3.8) is 0 Å². The van der Waals surface area contributed by atoms with Crippen LogP contribution >= 0.6 is 0 Å². The molecule has 0 aliphatic carbocycles. The highest BCUT2D eigenvalue weighted by molar-refractivity contribution is 5.76. The fourth-order valence-electron chi connectivity index (χ4n) is 2.13. The molecule has 19 heavy (non-hydrogen) atoms. The first-order valence-corrected chi connectivity index (χ1v) is 7.11. The molecule has 0 unspecified atom stereocenters. The molecule has 0 heterocycles. The highest BCUT2D eigenvalue weighted by Crippen LogP contribution is 2.20. The van der Waals surface area contributed by atoms with Crippen molar-refractivity contribution in [2.75, 3.05) is 6.54 Å². The second-order valence-corrected chi connectivity index (χ2v) is 4.92. The number of ketones is 1. The van der Waals surface area contributed by atoms with Crippen molar-refractivity contribution < 1.29 is 4.79 Å². The number of Topliss-reactive ketones (excluding diaryl/α,β-unsaturated/α-hetero) is 1. The van der Waals surface area contributed by atoms with Crippen LogP contribution < -0.4 is 5.32 Å². The largest absolute Gasteiger partial charge is 0.384 e. The van der Waals surface area contributed by atoms with Crippen molar-refractivity contribution in [1.29, 1.82) is 0 Å². The van der Waals surface area contributed by atoms with Crippen LogP contribution in [0.1, 0.15) is 50.3 Å². The topological polar surface area (TPSA) is 29.1 Å². The van der Waals surface area contributed by atoms with Crippen LogP contribution in [-0.2, 0) is 11.2 Å². The van der Waals surface area contributed by atoms with Gasteiger partial charge in [-0.25, -0.2) is 0 Å². The molecule has 0 aliphatic heterocycles. The van der Waals surface area contributed by atoms with E-state index in [9.17, 15) is 4.79 Å². The van der Waals surface area contributed by atoms with Gasteiger partial charge in [-0.2, -0.15) is 0 Å². The number of carbonyl (C=O) groups is 1. The van der Waals surface area contributed by atoms with Crippen LogP contribution in [0.2, 0.25) is 0 Å². The summed E-state index contributed by atoms with van der Waals surface area (Å²) in [6, 6.07) is 6.56. The quantitative estimate of drug-likeness (QED) is 0.805. The van der Waals surface area contributed by atoms with Gasteiger partial charge in [-0.3, -0.25) is 4.79 Å². The molecule has 1 rings (SSSR count). The highest BCUT2D eigenvalue weighted by Gasteiger charge is 2.06. The van der Waals surface area contributed by atoms with Crippen LogP contribution in [0, 0.1) is 6.92 Å². The number of carbonyl (C=O) groups excluding carboxylic acids is 1. The number of benzene rings is 1. The molecule has 2 heteroatoms. The molecule has 0 fully saturated rings. The smallest absolute Gasteiger partial charge is 0.131 e. The Labute approximate surface area is 116 Å². The lowest BCUT2D eigenvalue weighted by Gasteiger charge is -2.15. The summed E-state index contributed by atoms with van der Waals surface area (Å²) in [5.74, 6) is 0.225. The Hall–Kier alpha value is -1.57. The average Bonchev–Trinajstić information content (AvgIpc) is 2.37. The minimum Gasteiger partial charge on any atom is -0.384 e. The van der Waals surface area contributed by atoms with E-state index in [1.54, 1.807) is 6.92 Å². The van der Waals surface area contributed by atoms with Gasteiger partial charge < -0.3 is 5.32 Å². The van der Waals surface area contributed by atoms with Crippen LogP contribution in [0.25, 0.3) is 5.70 Å². The molecule has 1 aromatic rings. The Bertz CT molecular complexity index is 460. The molecule has 104 valence electrons. The predicted molar refractivity (Wildman–Crippen MR) is 82.1 cm³/mol. The number of allylic oxidation sites excluding steroid dienone is 1. The van der Waals surface area contributed by atoms with E-state index >= 15 is 0 Å². The monoisotopic (exact) mass is 259 g/mol. The van der Waals surface area contributed by atoms with E-state index in [4.69, 9.17) is 0 Å². The zero-order valence-corrected chi connectivity index (χ0v) is 12.5. The van der Waals surface area contributed by atoms with Crippen molar-refractivity contribution in [3.8, 4) is 0 Å². The molecule has 2 nitrogen and oxygen atoms in total. The average molecular weight is 259 g/mol. The van der Waals surface area contributed by atoms with Gasteiger partial charge >= 0.3 is 0 Å². The number of nitrogens with one attached hydrogen (secondary N) is 1. The van der Waals surface area contributed by atoms with Crippen LogP contribution in [-0.4, -0.2) is 12.3 Å². The maximum absolute atomic E-state index is 11.0. The summed E-state index contributed by atoms with van der Waals surface area (Å²) in [5.41, 5.74) is 5.06. The molecule has 0 saturated heterocycles. The van der Waals surface area contributed by atoms with Crippen LogP contribution in [0.5, 0.6) is 0 Å². The molecule has 0 saturated carbocycles. The van der Waals surface area contributed by atoms with Crippen molar-refractivity contribution in [2.24, 2.45) is 0 Å². The van der Waals surface area contributed by atoms with E-state index in [1.807, 2.05) is 0 Å². The minimum absolute atomic E-state index is 0.225. The summed E-state index contributed by atoms with van der Waals surface area (Å²) < 4.78 is 0. The van der Waals surface area contributed by atoms with Gasteiger partial charge in [-0.05, 0) is 32.3 Å². The number of hydrogen-bond acceptors (Lipinski definition) is 2. The van der Waals surface area contributed by atoms with Crippen LogP contribution in [0.15, 0.2) is 24.3 Å². The third-order valence-electron chi connectivity index (χ3n) is 3.13. The number of hydrogen-bond donors (Lipinski definition) is 1. The summed E-state index contributed by atoms with van der Waals surface area (Å²) in [6.07, 6.45) is 4.78. The molecule has 0 atom stereocenters. The second-order valence-electron chi connectivity index (χ2n) is 4.92. The van der Waals surface area contributed by atoms with E-state index in [1.165, 1.54) is 16.7 Å². The summed E-state index contributed by atoms with van der Waals surface area (Å²) >= 11 is 0. The van der Waals surface area contributed by atoms with Gasteiger partial charge in [0.25, 0.3) is 0 Å². The molecule has 0 spiro atoms. The molecule has 1 N–H and O–H groups in total.